The molecule has 0 spiro atoms. The summed E-state index contributed by atoms with van der Waals surface area (Å²) in [4.78, 5) is 42.8. The quantitative estimate of drug-likeness (QED) is 0.121. The molecule has 1 aliphatic heterocycles. The normalized spacial score (nSPS) is 14.3. The molecule has 11 heteroatoms. The van der Waals surface area contributed by atoms with Gasteiger partial charge < -0.3 is 9.47 Å². The number of para-hydroxylation sites is 1. The third-order valence-corrected chi connectivity index (χ3v) is 6.63. The van der Waals surface area contributed by atoms with Crippen LogP contribution in [0.4, 0.5) is 18.9 Å². The van der Waals surface area contributed by atoms with Gasteiger partial charge in [0.2, 0.25) is 5.91 Å². The van der Waals surface area contributed by atoms with E-state index in [0.717, 1.165) is 22.2 Å². The lowest BCUT2D eigenvalue weighted by Crippen LogP contribution is -2.28. The lowest BCUT2D eigenvalue weighted by atomic mass is 10.1. The van der Waals surface area contributed by atoms with E-state index < -0.39 is 24.7 Å². The summed E-state index contributed by atoms with van der Waals surface area (Å²) in [6.45, 7) is -1.46. The standard InChI is InChI=1S/C32H22ClF3N2O5/c33-25-5-3-6-26(16-25)38-29(39)15-24(30(38)40)14-22-4-1-2-7-28(22)42-18-20-8-10-21(11-9-20)27-13-12-23(17-37-27)31(41)43-19-32(34,35)36/h1-14,16-17H,15,18-19H2/b24-14+. The first kappa shape index (κ1) is 29.5. The Hall–Kier alpha value is -4.96. The van der Waals surface area contributed by atoms with Crippen molar-refractivity contribution in [3.63, 3.8) is 0 Å². The van der Waals surface area contributed by atoms with E-state index >= 15 is 0 Å². The van der Waals surface area contributed by atoms with Gasteiger partial charge in [0.05, 0.1) is 23.4 Å². The summed E-state index contributed by atoms with van der Waals surface area (Å²) in [6, 6.07) is 23.8. The number of ether oxygens (including phenoxy) is 2. The van der Waals surface area contributed by atoms with Crippen LogP contribution >= 0.6 is 11.6 Å². The second-order valence-electron chi connectivity index (χ2n) is 9.51. The van der Waals surface area contributed by atoms with Gasteiger partial charge in [0.25, 0.3) is 5.91 Å². The number of alkyl halides is 3. The second kappa shape index (κ2) is 12.5. The summed E-state index contributed by atoms with van der Waals surface area (Å²) >= 11 is 6.04. The molecule has 1 aliphatic rings. The fourth-order valence-electron chi connectivity index (χ4n) is 4.33. The van der Waals surface area contributed by atoms with Gasteiger partial charge in [0.1, 0.15) is 12.4 Å². The van der Waals surface area contributed by atoms with Crippen molar-refractivity contribution < 1.29 is 37.0 Å². The third kappa shape index (κ3) is 7.28. The number of nitrogens with zero attached hydrogens (tertiary/aromatic N) is 2. The second-order valence-corrected chi connectivity index (χ2v) is 9.94. The average Bonchev–Trinajstić information content (AvgIpc) is 3.27. The Bertz CT molecular complexity index is 1700. The zero-order valence-electron chi connectivity index (χ0n) is 22.3. The van der Waals surface area contributed by atoms with Crippen LogP contribution in [0.2, 0.25) is 5.02 Å². The first-order valence-corrected chi connectivity index (χ1v) is 13.3. The van der Waals surface area contributed by atoms with E-state index in [9.17, 15) is 27.6 Å². The molecule has 0 atom stereocenters. The molecule has 1 fully saturated rings. The highest BCUT2D eigenvalue weighted by Crippen LogP contribution is 2.31. The van der Waals surface area contributed by atoms with Crippen LogP contribution in [0.5, 0.6) is 5.75 Å². The van der Waals surface area contributed by atoms with Crippen molar-refractivity contribution in [2.75, 3.05) is 11.5 Å². The van der Waals surface area contributed by atoms with Crippen molar-refractivity contribution in [1.82, 2.24) is 4.98 Å². The Balaban J connectivity index is 1.23. The van der Waals surface area contributed by atoms with Gasteiger partial charge in [0, 0.05) is 27.9 Å². The molecule has 43 heavy (non-hydrogen) atoms. The van der Waals surface area contributed by atoms with Gasteiger partial charge >= 0.3 is 12.1 Å². The number of hydrogen-bond donors (Lipinski definition) is 0. The molecule has 2 heterocycles. The highest BCUT2D eigenvalue weighted by atomic mass is 35.5. The zero-order chi connectivity index (χ0) is 30.6. The van der Waals surface area contributed by atoms with Crippen molar-refractivity contribution in [2.24, 2.45) is 0 Å². The summed E-state index contributed by atoms with van der Waals surface area (Å²) in [5.41, 5.74) is 3.36. The zero-order valence-corrected chi connectivity index (χ0v) is 23.1. The van der Waals surface area contributed by atoms with Gasteiger partial charge in [0.15, 0.2) is 6.61 Å². The molecule has 2 amide bonds. The van der Waals surface area contributed by atoms with Crippen molar-refractivity contribution in [1.29, 1.82) is 0 Å². The minimum atomic E-state index is -4.61. The van der Waals surface area contributed by atoms with Gasteiger partial charge in [-0.25, -0.2) is 9.69 Å². The van der Waals surface area contributed by atoms with Gasteiger partial charge in [-0.05, 0) is 48.0 Å². The van der Waals surface area contributed by atoms with Crippen LogP contribution in [0.1, 0.15) is 27.9 Å². The minimum Gasteiger partial charge on any atom is -0.488 e. The molecule has 0 unspecified atom stereocenters. The number of rotatable bonds is 8. The smallest absolute Gasteiger partial charge is 0.422 e. The Morgan fingerprint density at radius 2 is 1.74 bits per heavy atom. The molecular weight excluding hydrogens is 585 g/mol. The molecule has 1 saturated heterocycles. The number of pyridine rings is 1. The van der Waals surface area contributed by atoms with E-state index in [1.54, 1.807) is 66.7 Å². The molecule has 0 N–H and O–H groups in total. The van der Waals surface area contributed by atoms with Crippen LogP contribution in [0.15, 0.2) is 96.7 Å². The highest BCUT2D eigenvalue weighted by Gasteiger charge is 2.35. The summed E-state index contributed by atoms with van der Waals surface area (Å²) in [7, 11) is 0. The third-order valence-electron chi connectivity index (χ3n) is 6.39. The van der Waals surface area contributed by atoms with E-state index in [-0.39, 0.29) is 24.5 Å². The molecule has 1 aromatic heterocycles. The fourth-order valence-corrected chi connectivity index (χ4v) is 4.52. The highest BCUT2D eigenvalue weighted by molar-refractivity contribution is 6.32. The number of carbonyl (C=O) groups excluding carboxylic acids is 3. The van der Waals surface area contributed by atoms with E-state index in [2.05, 4.69) is 9.72 Å². The number of esters is 1. The number of hydrogen-bond acceptors (Lipinski definition) is 6. The van der Waals surface area contributed by atoms with Crippen LogP contribution in [0.3, 0.4) is 0 Å². The lowest BCUT2D eigenvalue weighted by molar-refractivity contribution is -0.161. The maximum absolute atomic E-state index is 13.1. The molecule has 3 aromatic carbocycles. The van der Waals surface area contributed by atoms with E-state index in [4.69, 9.17) is 16.3 Å². The van der Waals surface area contributed by atoms with Gasteiger partial charge in [-0.15, -0.1) is 0 Å². The lowest BCUT2D eigenvalue weighted by Gasteiger charge is -2.13. The van der Waals surface area contributed by atoms with Crippen LogP contribution in [0, 0.1) is 0 Å². The first-order chi connectivity index (χ1) is 20.6. The van der Waals surface area contributed by atoms with Gasteiger partial charge in [-0.1, -0.05) is 60.1 Å². The molecule has 5 rings (SSSR count). The predicted octanol–water partition coefficient (Wildman–Crippen LogP) is 7.05. The van der Waals surface area contributed by atoms with Crippen molar-refractivity contribution in [3.05, 3.63) is 118 Å². The number of benzene rings is 3. The van der Waals surface area contributed by atoms with E-state index in [0.29, 0.717) is 33.3 Å². The molecule has 7 nitrogen and oxygen atoms in total. The maximum Gasteiger partial charge on any atom is 0.422 e. The predicted molar refractivity (Wildman–Crippen MR) is 153 cm³/mol. The Morgan fingerprint density at radius 3 is 2.44 bits per heavy atom. The van der Waals surface area contributed by atoms with E-state index in [1.807, 2.05) is 12.1 Å². The Labute approximate surface area is 249 Å². The SMILES string of the molecule is O=C(OCC(F)(F)F)c1ccc(-c2ccc(COc3ccccc3/C=C3\CC(=O)N(c4cccc(Cl)c4)C3=O)cc2)nc1. The molecule has 218 valence electrons. The summed E-state index contributed by atoms with van der Waals surface area (Å²) < 4.78 is 47.1. The number of anilines is 1. The Kier molecular flexibility index (Phi) is 8.58. The van der Waals surface area contributed by atoms with Crippen molar-refractivity contribution in [2.45, 2.75) is 19.2 Å². The van der Waals surface area contributed by atoms with Gasteiger partial charge in [-0.3, -0.25) is 14.6 Å². The van der Waals surface area contributed by atoms with Crippen LogP contribution in [0.25, 0.3) is 17.3 Å². The van der Waals surface area contributed by atoms with Crippen LogP contribution in [-0.4, -0.2) is 35.6 Å². The first-order valence-electron chi connectivity index (χ1n) is 12.9. The molecule has 0 bridgehead atoms. The summed E-state index contributed by atoms with van der Waals surface area (Å²) in [6.07, 6.45) is -1.85. The molecule has 4 aromatic rings. The summed E-state index contributed by atoms with van der Waals surface area (Å²) in [5.74, 6) is -1.35. The average molecular weight is 607 g/mol. The maximum atomic E-state index is 13.1. The number of aromatic nitrogens is 1. The van der Waals surface area contributed by atoms with E-state index in [1.165, 1.54) is 12.1 Å². The largest absolute Gasteiger partial charge is 0.488 e. The van der Waals surface area contributed by atoms with Crippen LogP contribution in [-0.2, 0) is 20.9 Å². The molecular formula is C32H22ClF3N2O5. The number of amides is 2. The van der Waals surface area contributed by atoms with Gasteiger partial charge in [-0.2, -0.15) is 13.2 Å². The monoisotopic (exact) mass is 606 g/mol. The van der Waals surface area contributed by atoms with Crippen LogP contribution < -0.4 is 9.64 Å². The van der Waals surface area contributed by atoms with Crippen molar-refractivity contribution in [3.8, 4) is 17.0 Å². The molecule has 0 aliphatic carbocycles. The number of halogens is 4. The fraction of sp³-hybridized carbons (Fsp3) is 0.125. The topological polar surface area (TPSA) is 85.8 Å². The number of imide groups is 1. The molecule has 0 saturated carbocycles. The minimum absolute atomic E-state index is 0.0507. The Morgan fingerprint density at radius 1 is 0.977 bits per heavy atom. The number of carbonyl (C=O) groups is 3. The summed E-state index contributed by atoms with van der Waals surface area (Å²) in [5, 5.41) is 0.418. The molecule has 0 radical (unpaired) electrons. The van der Waals surface area contributed by atoms with Crippen molar-refractivity contribution >= 4 is 41.1 Å².